The van der Waals surface area contributed by atoms with Crippen LogP contribution < -0.4 is 5.48 Å². The molecular weight excluding hydrogens is 418 g/mol. The number of nitrogens with zero attached hydrogens (tertiary/aromatic N) is 4. The molecule has 2 saturated heterocycles. The van der Waals surface area contributed by atoms with Crippen LogP contribution in [0.25, 0.3) is 0 Å². The highest BCUT2D eigenvalue weighted by molar-refractivity contribution is 5.91. The third-order valence-corrected chi connectivity index (χ3v) is 6.61. The lowest BCUT2D eigenvalue weighted by molar-refractivity contribution is 0.0287. The minimum Gasteiger partial charge on any atom is -0.379 e. The molecule has 0 radical (unpaired) electrons. The molecule has 2 atom stereocenters. The largest absolute Gasteiger partial charge is 0.379 e. The number of rotatable bonds is 7. The molecular formula is C25H35N5O3. The maximum atomic E-state index is 11.5. The first-order valence-corrected chi connectivity index (χ1v) is 11.8. The number of piperazine rings is 1. The maximum absolute atomic E-state index is 11.5. The van der Waals surface area contributed by atoms with Gasteiger partial charge in [0, 0.05) is 64.1 Å². The number of nitrogens with one attached hydrogen (secondary N) is 1. The zero-order valence-electron chi connectivity index (χ0n) is 19.6. The van der Waals surface area contributed by atoms with Crippen molar-refractivity contribution >= 4 is 5.91 Å². The second-order valence-electron chi connectivity index (χ2n) is 9.27. The van der Waals surface area contributed by atoms with Crippen LogP contribution in [-0.2, 0) is 24.4 Å². The summed E-state index contributed by atoms with van der Waals surface area (Å²) in [6.45, 7) is 13.0. The Hall–Kier alpha value is -2.36. The fourth-order valence-corrected chi connectivity index (χ4v) is 4.93. The number of carbonyl (C=O) groups is 1. The van der Waals surface area contributed by atoms with Gasteiger partial charge in [-0.05, 0) is 36.6 Å². The summed E-state index contributed by atoms with van der Waals surface area (Å²) < 4.78 is 5.47. The van der Waals surface area contributed by atoms with E-state index in [4.69, 9.17) is 9.94 Å². The summed E-state index contributed by atoms with van der Waals surface area (Å²) in [5, 5.41) is 8.74. The van der Waals surface area contributed by atoms with E-state index < -0.39 is 5.91 Å². The van der Waals surface area contributed by atoms with Crippen molar-refractivity contribution in [2.45, 2.75) is 45.6 Å². The van der Waals surface area contributed by atoms with Crippen LogP contribution in [0.2, 0.25) is 0 Å². The molecule has 4 rings (SSSR count). The maximum Gasteiger partial charge on any atom is 0.293 e. The molecule has 178 valence electrons. The second kappa shape index (κ2) is 11.2. The van der Waals surface area contributed by atoms with E-state index >= 15 is 0 Å². The Balaban J connectivity index is 1.32. The van der Waals surface area contributed by atoms with Crippen molar-refractivity contribution in [2.75, 3.05) is 39.4 Å². The number of aromatic nitrogens is 1. The Morgan fingerprint density at radius 1 is 1.00 bits per heavy atom. The smallest absolute Gasteiger partial charge is 0.293 e. The summed E-state index contributed by atoms with van der Waals surface area (Å²) in [4.78, 5) is 23.1. The van der Waals surface area contributed by atoms with Crippen LogP contribution in [0.3, 0.4) is 0 Å². The number of hydrogen-bond donors (Lipinski definition) is 2. The summed E-state index contributed by atoms with van der Waals surface area (Å²) in [7, 11) is 0. The zero-order valence-corrected chi connectivity index (χ0v) is 19.6. The highest BCUT2D eigenvalue weighted by Gasteiger charge is 2.29. The van der Waals surface area contributed by atoms with Crippen molar-refractivity contribution in [3.63, 3.8) is 0 Å². The molecule has 1 aromatic carbocycles. The molecule has 0 aliphatic carbocycles. The van der Waals surface area contributed by atoms with E-state index in [1.807, 2.05) is 6.07 Å². The topological polar surface area (TPSA) is 81.2 Å². The third-order valence-electron chi connectivity index (χ3n) is 6.61. The van der Waals surface area contributed by atoms with Gasteiger partial charge in [0.25, 0.3) is 5.91 Å². The lowest BCUT2D eigenvalue weighted by Crippen LogP contribution is -2.55. The fraction of sp³-hybridized carbons (Fsp3) is 0.520. The van der Waals surface area contributed by atoms with Crippen molar-refractivity contribution in [1.29, 1.82) is 0 Å². The van der Waals surface area contributed by atoms with Gasteiger partial charge in [-0.25, -0.2) is 5.48 Å². The van der Waals surface area contributed by atoms with Crippen molar-refractivity contribution in [2.24, 2.45) is 0 Å². The second-order valence-corrected chi connectivity index (χ2v) is 9.27. The van der Waals surface area contributed by atoms with Gasteiger partial charge in [0.15, 0.2) is 0 Å². The molecule has 2 unspecified atom stereocenters. The number of hydroxylamine groups is 1. The van der Waals surface area contributed by atoms with Crippen molar-refractivity contribution in [3.8, 4) is 0 Å². The number of benzene rings is 1. The number of ether oxygens (including phenoxy) is 1. The van der Waals surface area contributed by atoms with Gasteiger partial charge < -0.3 is 4.74 Å². The Bertz CT molecular complexity index is 905. The van der Waals surface area contributed by atoms with E-state index in [9.17, 15) is 4.79 Å². The van der Waals surface area contributed by atoms with Gasteiger partial charge in [0.1, 0.15) is 5.69 Å². The van der Waals surface area contributed by atoms with Gasteiger partial charge in [-0.1, -0.05) is 30.3 Å². The van der Waals surface area contributed by atoms with Gasteiger partial charge in [-0.15, -0.1) is 0 Å². The van der Waals surface area contributed by atoms with E-state index in [0.717, 1.165) is 64.6 Å². The molecule has 0 spiro atoms. The van der Waals surface area contributed by atoms with E-state index in [1.165, 1.54) is 11.1 Å². The van der Waals surface area contributed by atoms with Gasteiger partial charge >= 0.3 is 0 Å². The Labute approximate surface area is 196 Å². The highest BCUT2D eigenvalue weighted by Crippen LogP contribution is 2.21. The molecule has 2 aromatic rings. The van der Waals surface area contributed by atoms with Gasteiger partial charge in [-0.2, -0.15) is 0 Å². The minimum atomic E-state index is -0.591. The number of morpholine rings is 1. The van der Waals surface area contributed by atoms with Crippen LogP contribution in [0.4, 0.5) is 0 Å². The molecule has 0 saturated carbocycles. The lowest BCUT2D eigenvalue weighted by atomic mass is 10.0. The third kappa shape index (κ3) is 6.37. The predicted octanol–water partition coefficient (Wildman–Crippen LogP) is 2.13. The molecule has 3 heterocycles. The first-order valence-electron chi connectivity index (χ1n) is 11.8. The summed E-state index contributed by atoms with van der Waals surface area (Å²) in [5.41, 5.74) is 5.64. The zero-order chi connectivity index (χ0) is 23.2. The summed E-state index contributed by atoms with van der Waals surface area (Å²) >= 11 is 0. The summed E-state index contributed by atoms with van der Waals surface area (Å²) in [6.07, 6.45) is 1.71. The minimum absolute atomic E-state index is 0.212. The van der Waals surface area contributed by atoms with Crippen molar-refractivity contribution < 1.29 is 14.7 Å². The van der Waals surface area contributed by atoms with E-state index in [1.54, 1.807) is 17.7 Å². The summed E-state index contributed by atoms with van der Waals surface area (Å²) in [5.74, 6) is -0.591. The number of pyridine rings is 1. The van der Waals surface area contributed by atoms with Crippen LogP contribution in [0.5, 0.6) is 0 Å². The highest BCUT2D eigenvalue weighted by atomic mass is 16.5. The van der Waals surface area contributed by atoms with Crippen LogP contribution in [0.1, 0.15) is 41.0 Å². The Morgan fingerprint density at radius 2 is 1.67 bits per heavy atom. The quantitative estimate of drug-likeness (QED) is 0.491. The van der Waals surface area contributed by atoms with Crippen molar-refractivity contribution in [3.05, 3.63) is 65.0 Å². The van der Waals surface area contributed by atoms with Gasteiger partial charge in [0.2, 0.25) is 0 Å². The average Bonchev–Trinajstić information content (AvgIpc) is 2.82. The average molecular weight is 454 g/mol. The Kier molecular flexibility index (Phi) is 8.06. The van der Waals surface area contributed by atoms with Gasteiger partial charge in [0.05, 0.1) is 13.2 Å². The molecule has 1 amide bonds. The lowest BCUT2D eigenvalue weighted by Gasteiger charge is -2.44. The fourth-order valence-electron chi connectivity index (χ4n) is 4.93. The number of hydrogen-bond acceptors (Lipinski definition) is 7. The van der Waals surface area contributed by atoms with Crippen LogP contribution in [-0.4, -0.2) is 82.3 Å². The molecule has 8 nitrogen and oxygen atoms in total. The van der Waals surface area contributed by atoms with Gasteiger partial charge in [-0.3, -0.25) is 29.7 Å². The molecule has 0 bridgehead atoms. The van der Waals surface area contributed by atoms with E-state index in [-0.39, 0.29) is 5.69 Å². The molecule has 1 aromatic heterocycles. The van der Waals surface area contributed by atoms with E-state index in [2.05, 4.69) is 57.8 Å². The van der Waals surface area contributed by atoms with Crippen molar-refractivity contribution in [1.82, 2.24) is 25.2 Å². The molecule has 33 heavy (non-hydrogen) atoms. The molecule has 2 fully saturated rings. The summed E-state index contributed by atoms with van der Waals surface area (Å²) in [6, 6.07) is 13.4. The normalized spacial score (nSPS) is 22.9. The van der Waals surface area contributed by atoms with Crippen LogP contribution in [0.15, 0.2) is 42.6 Å². The van der Waals surface area contributed by atoms with E-state index in [0.29, 0.717) is 12.1 Å². The molecule has 2 aliphatic rings. The first-order chi connectivity index (χ1) is 16.0. The monoisotopic (exact) mass is 453 g/mol. The Morgan fingerprint density at radius 3 is 2.30 bits per heavy atom. The van der Waals surface area contributed by atoms with Crippen LogP contribution >= 0.6 is 0 Å². The molecule has 2 N–H and O–H groups in total. The SMILES string of the molecule is CC1CN(Cc2ccc(C(=O)NO)nc2)CC(C)N1Cc1cccc(CN2CCOCC2)c1. The first kappa shape index (κ1) is 23.8. The molecule has 2 aliphatic heterocycles. The molecule has 8 heteroatoms. The van der Waals surface area contributed by atoms with Crippen LogP contribution in [0, 0.1) is 0 Å². The number of amides is 1. The standard InChI is InChI=1S/C25H35N5O3/c1-19-14-29(17-23-6-7-24(26-13-23)25(31)27-32)15-20(2)30(19)18-22-5-3-4-21(12-22)16-28-8-10-33-11-9-28/h3-7,12-13,19-20,32H,8-11,14-18H2,1-2H3,(H,27,31). The number of carbonyl (C=O) groups excluding carboxylic acids is 1. The predicted molar refractivity (Wildman–Crippen MR) is 126 cm³/mol.